The highest BCUT2D eigenvalue weighted by Crippen LogP contribution is 2.21. The molecule has 0 heterocycles. The van der Waals surface area contributed by atoms with Crippen LogP contribution in [-0.2, 0) is 11.2 Å². The van der Waals surface area contributed by atoms with Crippen LogP contribution in [0.1, 0.15) is 5.56 Å². The smallest absolute Gasteiger partial charge is 0.316 e. The summed E-state index contributed by atoms with van der Waals surface area (Å²) in [5.74, 6) is -0.160. The van der Waals surface area contributed by atoms with Crippen LogP contribution in [0.15, 0.2) is 41.4 Å². The van der Waals surface area contributed by atoms with E-state index in [1.807, 2.05) is 30.3 Å². The van der Waals surface area contributed by atoms with Crippen molar-refractivity contribution in [2.75, 3.05) is 5.75 Å². The predicted molar refractivity (Wildman–Crippen MR) is 72.1 cm³/mol. The van der Waals surface area contributed by atoms with Crippen LogP contribution in [0.3, 0.4) is 0 Å². The highest BCUT2D eigenvalue weighted by molar-refractivity contribution is 9.11. The van der Waals surface area contributed by atoms with Crippen molar-refractivity contribution in [2.24, 2.45) is 0 Å². The molecule has 4 heteroatoms. The number of carboxylic acids is 1. The van der Waals surface area contributed by atoms with Gasteiger partial charge in [0.25, 0.3) is 0 Å². The molecule has 1 N–H and O–H groups in total. The van der Waals surface area contributed by atoms with Crippen LogP contribution in [0.4, 0.5) is 0 Å². The first-order valence-electron chi connectivity index (χ1n) is 4.81. The number of halogens is 1. The van der Waals surface area contributed by atoms with Crippen LogP contribution >= 0.6 is 27.7 Å². The minimum atomic E-state index is -0.775. The Labute approximate surface area is 108 Å². The molecule has 2 nitrogen and oxygen atoms in total. The van der Waals surface area contributed by atoms with Crippen LogP contribution in [0.5, 0.6) is 0 Å². The zero-order valence-corrected chi connectivity index (χ0v) is 11.1. The molecule has 0 bridgehead atoms. The zero-order valence-electron chi connectivity index (χ0n) is 8.73. The van der Waals surface area contributed by atoms with Gasteiger partial charge in [0, 0.05) is 5.75 Å². The minimum absolute atomic E-state index is 0.420. The van der Waals surface area contributed by atoms with Gasteiger partial charge in [0.15, 0.2) is 0 Å². The fraction of sp³-hybridized carbons (Fsp3) is 0.250. The van der Waals surface area contributed by atoms with Crippen LogP contribution in [0.2, 0.25) is 0 Å². The zero-order chi connectivity index (χ0) is 12.0. The molecule has 0 fully saturated rings. The van der Waals surface area contributed by atoms with Crippen molar-refractivity contribution in [1.82, 2.24) is 0 Å². The molecule has 0 radical (unpaired) electrons. The van der Waals surface area contributed by atoms with Crippen LogP contribution in [-0.4, -0.2) is 22.1 Å². The molecule has 0 aliphatic rings. The van der Waals surface area contributed by atoms with Gasteiger partial charge in [-0.3, -0.25) is 4.79 Å². The lowest BCUT2D eigenvalue weighted by atomic mass is 10.1. The first-order chi connectivity index (χ1) is 7.59. The Morgan fingerprint density at radius 2 is 2.06 bits per heavy atom. The molecule has 0 amide bonds. The predicted octanol–water partition coefficient (Wildman–Crippen LogP) is 3.32. The highest BCUT2D eigenvalue weighted by atomic mass is 79.9. The summed E-state index contributed by atoms with van der Waals surface area (Å²) in [6.07, 6.45) is 0.543. The van der Waals surface area contributed by atoms with E-state index in [4.69, 9.17) is 5.11 Å². The van der Waals surface area contributed by atoms with Gasteiger partial charge < -0.3 is 5.11 Å². The normalized spacial score (nSPS) is 12.1. The Morgan fingerprint density at radius 1 is 1.44 bits per heavy atom. The molecule has 0 aliphatic heterocycles. The van der Waals surface area contributed by atoms with Crippen LogP contribution in [0, 0.1) is 0 Å². The molecular formula is C12H13BrO2S. The van der Waals surface area contributed by atoms with Crippen LogP contribution < -0.4 is 0 Å². The third kappa shape index (κ3) is 4.86. The van der Waals surface area contributed by atoms with E-state index in [0.29, 0.717) is 12.2 Å². The summed E-state index contributed by atoms with van der Waals surface area (Å²) >= 11 is 4.62. The maximum Gasteiger partial charge on any atom is 0.316 e. The van der Waals surface area contributed by atoms with Gasteiger partial charge in [-0.1, -0.05) is 52.8 Å². The number of hydrogen-bond donors (Lipinski definition) is 1. The average Bonchev–Trinajstić information content (AvgIpc) is 2.25. The summed E-state index contributed by atoms with van der Waals surface area (Å²) in [5.41, 5.74) is 1.04. The lowest BCUT2D eigenvalue weighted by molar-refractivity contribution is -0.136. The number of hydrogen-bond acceptors (Lipinski definition) is 2. The van der Waals surface area contributed by atoms with E-state index in [9.17, 15) is 4.79 Å². The van der Waals surface area contributed by atoms with Gasteiger partial charge in [0.1, 0.15) is 5.25 Å². The van der Waals surface area contributed by atoms with Crippen molar-refractivity contribution in [3.8, 4) is 0 Å². The Bertz CT molecular complexity index is 365. The van der Waals surface area contributed by atoms with Crippen molar-refractivity contribution in [1.29, 1.82) is 0 Å². The molecule has 86 valence electrons. The topological polar surface area (TPSA) is 37.3 Å². The van der Waals surface area contributed by atoms with Crippen molar-refractivity contribution in [3.63, 3.8) is 0 Å². The Morgan fingerprint density at radius 3 is 2.56 bits per heavy atom. The minimum Gasteiger partial charge on any atom is -0.480 e. The lowest BCUT2D eigenvalue weighted by Gasteiger charge is -2.11. The van der Waals surface area contributed by atoms with E-state index >= 15 is 0 Å². The monoisotopic (exact) mass is 300 g/mol. The second-order valence-corrected chi connectivity index (χ2v) is 5.66. The van der Waals surface area contributed by atoms with Crippen molar-refractivity contribution < 1.29 is 9.90 Å². The molecule has 0 saturated heterocycles. The van der Waals surface area contributed by atoms with Crippen molar-refractivity contribution in [2.45, 2.75) is 11.7 Å². The van der Waals surface area contributed by atoms with Gasteiger partial charge in [-0.15, -0.1) is 11.8 Å². The Balaban J connectivity index is 2.58. The molecular weight excluding hydrogens is 288 g/mol. The second-order valence-electron chi connectivity index (χ2n) is 3.34. The molecule has 0 aromatic heterocycles. The van der Waals surface area contributed by atoms with Crippen LogP contribution in [0.25, 0.3) is 0 Å². The Kier molecular flexibility index (Phi) is 5.63. The lowest BCUT2D eigenvalue weighted by Crippen LogP contribution is -2.19. The number of thioether (sulfide) groups is 1. The van der Waals surface area contributed by atoms with Gasteiger partial charge in [-0.2, -0.15) is 0 Å². The number of benzene rings is 1. The molecule has 0 spiro atoms. The molecule has 1 aromatic carbocycles. The first-order valence-corrected chi connectivity index (χ1v) is 6.65. The van der Waals surface area contributed by atoms with Gasteiger partial charge in [-0.05, 0) is 16.5 Å². The molecule has 16 heavy (non-hydrogen) atoms. The third-order valence-electron chi connectivity index (χ3n) is 1.98. The SMILES string of the molecule is C=C(Br)CSC(Cc1ccccc1)C(=O)O. The van der Waals surface area contributed by atoms with Gasteiger partial charge in [-0.25, -0.2) is 0 Å². The van der Waals surface area contributed by atoms with E-state index < -0.39 is 11.2 Å². The van der Waals surface area contributed by atoms with Gasteiger partial charge in [0.05, 0.1) is 0 Å². The summed E-state index contributed by atoms with van der Waals surface area (Å²) in [6, 6.07) is 9.65. The fourth-order valence-electron chi connectivity index (χ4n) is 1.24. The highest BCUT2D eigenvalue weighted by Gasteiger charge is 2.18. The third-order valence-corrected chi connectivity index (χ3v) is 3.92. The summed E-state index contributed by atoms with van der Waals surface area (Å²) in [7, 11) is 0. The van der Waals surface area contributed by atoms with Crippen molar-refractivity contribution >= 4 is 33.7 Å². The number of rotatable bonds is 6. The van der Waals surface area contributed by atoms with Crippen molar-refractivity contribution in [3.05, 3.63) is 47.0 Å². The number of aliphatic carboxylic acids is 1. The standard InChI is InChI=1S/C12H13BrO2S/c1-9(13)8-16-11(12(14)15)7-10-5-3-2-4-6-10/h2-6,11H,1,7-8H2,(H,14,15). The van der Waals surface area contributed by atoms with E-state index in [-0.39, 0.29) is 0 Å². The maximum atomic E-state index is 11.1. The number of carbonyl (C=O) groups is 1. The number of carboxylic acid groups (broad SMARTS) is 1. The van der Waals surface area contributed by atoms with Gasteiger partial charge in [0.2, 0.25) is 0 Å². The van der Waals surface area contributed by atoms with E-state index in [2.05, 4.69) is 22.5 Å². The molecule has 1 aromatic rings. The maximum absolute atomic E-state index is 11.1. The Hall–Kier alpha value is -0.740. The average molecular weight is 301 g/mol. The molecule has 1 rings (SSSR count). The summed E-state index contributed by atoms with van der Waals surface area (Å²) in [6.45, 7) is 3.70. The molecule has 1 unspecified atom stereocenters. The summed E-state index contributed by atoms with van der Waals surface area (Å²) < 4.78 is 0.816. The van der Waals surface area contributed by atoms with E-state index in [1.54, 1.807) is 0 Å². The fourth-order valence-corrected chi connectivity index (χ4v) is 2.47. The first kappa shape index (κ1) is 13.3. The second kappa shape index (κ2) is 6.76. The van der Waals surface area contributed by atoms with E-state index in [1.165, 1.54) is 11.8 Å². The van der Waals surface area contributed by atoms with Gasteiger partial charge >= 0.3 is 5.97 Å². The largest absolute Gasteiger partial charge is 0.480 e. The van der Waals surface area contributed by atoms with E-state index in [0.717, 1.165) is 10.0 Å². The summed E-state index contributed by atoms with van der Waals surface area (Å²) in [5, 5.41) is 8.66. The molecule has 0 aliphatic carbocycles. The molecule has 1 atom stereocenters. The molecule has 0 saturated carbocycles. The summed E-state index contributed by atoms with van der Waals surface area (Å²) in [4.78, 5) is 11.1. The quantitative estimate of drug-likeness (QED) is 0.876.